The van der Waals surface area contributed by atoms with Crippen LogP contribution in [0.1, 0.15) is 12.8 Å². The number of halogens is 1. The third-order valence-corrected chi connectivity index (χ3v) is 3.40. The summed E-state index contributed by atoms with van der Waals surface area (Å²) >= 11 is 0. The Kier molecular flexibility index (Phi) is 4.87. The monoisotopic (exact) mass is 266 g/mol. The predicted molar refractivity (Wildman–Crippen MR) is 71.3 cm³/mol. The van der Waals surface area contributed by atoms with E-state index >= 15 is 0 Å². The first-order valence-electron chi connectivity index (χ1n) is 6.56. The molecule has 4 nitrogen and oxygen atoms in total. The Hall–Kier alpha value is -1.46. The fraction of sp³-hybridized carbons (Fsp3) is 0.500. The maximum Gasteiger partial charge on any atom is 0.238 e. The van der Waals surface area contributed by atoms with Crippen LogP contribution in [0.25, 0.3) is 0 Å². The second-order valence-corrected chi connectivity index (χ2v) is 4.96. The lowest BCUT2D eigenvalue weighted by Crippen LogP contribution is -2.31. The summed E-state index contributed by atoms with van der Waals surface area (Å²) in [5, 5.41) is 11.6. The molecule has 1 heterocycles. The molecule has 1 saturated heterocycles. The highest BCUT2D eigenvalue weighted by atomic mass is 19.1. The van der Waals surface area contributed by atoms with Crippen molar-refractivity contribution >= 4 is 11.6 Å². The van der Waals surface area contributed by atoms with Crippen molar-refractivity contribution in [3.8, 4) is 0 Å². The van der Waals surface area contributed by atoms with Crippen molar-refractivity contribution in [2.45, 2.75) is 12.8 Å². The van der Waals surface area contributed by atoms with E-state index in [4.69, 9.17) is 5.11 Å². The molecule has 1 atom stereocenters. The van der Waals surface area contributed by atoms with E-state index in [0.29, 0.717) is 18.2 Å². The Balaban J connectivity index is 1.77. The first kappa shape index (κ1) is 14.0. The number of rotatable bonds is 5. The van der Waals surface area contributed by atoms with Crippen molar-refractivity contribution in [2.24, 2.45) is 5.92 Å². The van der Waals surface area contributed by atoms with E-state index in [9.17, 15) is 9.18 Å². The number of nitrogens with one attached hydrogen (secondary N) is 1. The number of carbonyl (C=O) groups excluding carboxylic acids is 1. The molecule has 0 aromatic heterocycles. The molecule has 0 bridgehead atoms. The molecule has 1 fully saturated rings. The second kappa shape index (κ2) is 6.63. The number of hydrogen-bond donors (Lipinski definition) is 2. The summed E-state index contributed by atoms with van der Waals surface area (Å²) < 4.78 is 12.7. The van der Waals surface area contributed by atoms with E-state index in [1.165, 1.54) is 12.1 Å². The summed E-state index contributed by atoms with van der Waals surface area (Å²) in [4.78, 5) is 13.9. The predicted octanol–water partition coefficient (Wildman–Crippen LogP) is 1.47. The molecule has 2 rings (SSSR count). The number of carbonyl (C=O) groups is 1. The van der Waals surface area contributed by atoms with Crippen molar-refractivity contribution in [1.82, 2.24) is 4.90 Å². The Morgan fingerprint density at radius 3 is 2.84 bits per heavy atom. The third kappa shape index (κ3) is 4.29. The molecule has 1 aliphatic rings. The number of hydrogen-bond acceptors (Lipinski definition) is 3. The van der Waals surface area contributed by atoms with Gasteiger partial charge in [-0.15, -0.1) is 0 Å². The van der Waals surface area contributed by atoms with Gasteiger partial charge in [-0.3, -0.25) is 9.69 Å². The van der Waals surface area contributed by atoms with E-state index in [2.05, 4.69) is 10.2 Å². The van der Waals surface area contributed by atoms with Crippen LogP contribution in [0.5, 0.6) is 0 Å². The highest BCUT2D eigenvalue weighted by molar-refractivity contribution is 5.92. The molecule has 0 radical (unpaired) electrons. The minimum Gasteiger partial charge on any atom is -0.396 e. The summed E-state index contributed by atoms with van der Waals surface area (Å²) in [5.74, 6) is 0.0873. The van der Waals surface area contributed by atoms with Gasteiger partial charge in [0, 0.05) is 18.8 Å². The number of amides is 1. The van der Waals surface area contributed by atoms with Crippen molar-refractivity contribution in [3.63, 3.8) is 0 Å². The molecule has 0 aliphatic carbocycles. The standard InChI is InChI=1S/C14H19FN2O2/c15-12-1-3-13(4-2-12)16-14(19)10-17-7-5-11(9-17)6-8-18/h1-4,11,18H,5-10H2,(H,16,19). The van der Waals surface area contributed by atoms with Crippen LogP contribution in [0.3, 0.4) is 0 Å². The highest BCUT2D eigenvalue weighted by Gasteiger charge is 2.23. The lowest BCUT2D eigenvalue weighted by molar-refractivity contribution is -0.117. The zero-order valence-corrected chi connectivity index (χ0v) is 10.8. The van der Waals surface area contributed by atoms with Gasteiger partial charge >= 0.3 is 0 Å². The molecular weight excluding hydrogens is 247 g/mol. The van der Waals surface area contributed by atoms with Crippen molar-refractivity contribution in [2.75, 3.05) is 31.6 Å². The van der Waals surface area contributed by atoms with Crippen LogP contribution in [0, 0.1) is 11.7 Å². The lowest BCUT2D eigenvalue weighted by Gasteiger charge is -2.15. The molecule has 1 aliphatic heterocycles. The Morgan fingerprint density at radius 2 is 2.16 bits per heavy atom. The molecule has 0 spiro atoms. The number of anilines is 1. The summed E-state index contributed by atoms with van der Waals surface area (Å²) in [6.07, 6.45) is 1.83. The first-order valence-corrected chi connectivity index (χ1v) is 6.56. The Morgan fingerprint density at radius 1 is 1.42 bits per heavy atom. The van der Waals surface area contributed by atoms with E-state index in [-0.39, 0.29) is 18.3 Å². The molecule has 1 aromatic rings. The van der Waals surface area contributed by atoms with Crippen molar-refractivity contribution < 1.29 is 14.3 Å². The van der Waals surface area contributed by atoms with Crippen LogP contribution < -0.4 is 5.32 Å². The van der Waals surface area contributed by atoms with E-state index in [1.54, 1.807) is 12.1 Å². The number of aliphatic hydroxyl groups excluding tert-OH is 1. The van der Waals surface area contributed by atoms with Gasteiger partial charge in [0.1, 0.15) is 5.82 Å². The fourth-order valence-corrected chi connectivity index (χ4v) is 2.41. The zero-order valence-electron chi connectivity index (χ0n) is 10.8. The fourth-order valence-electron chi connectivity index (χ4n) is 2.41. The van der Waals surface area contributed by atoms with Gasteiger partial charge in [-0.1, -0.05) is 0 Å². The number of aliphatic hydroxyl groups is 1. The van der Waals surface area contributed by atoms with Crippen LogP contribution in [0.2, 0.25) is 0 Å². The van der Waals surface area contributed by atoms with Crippen LogP contribution in [0.4, 0.5) is 10.1 Å². The second-order valence-electron chi connectivity index (χ2n) is 4.96. The molecule has 5 heteroatoms. The number of likely N-dealkylation sites (tertiary alicyclic amines) is 1. The summed E-state index contributed by atoms with van der Waals surface area (Å²) in [7, 11) is 0. The van der Waals surface area contributed by atoms with E-state index in [1.807, 2.05) is 0 Å². The maximum absolute atomic E-state index is 12.7. The lowest BCUT2D eigenvalue weighted by atomic mass is 10.1. The van der Waals surface area contributed by atoms with Crippen LogP contribution in [-0.4, -0.2) is 42.2 Å². The average molecular weight is 266 g/mol. The van der Waals surface area contributed by atoms with Gasteiger partial charge in [-0.05, 0) is 49.6 Å². The van der Waals surface area contributed by atoms with Gasteiger partial charge in [0.2, 0.25) is 5.91 Å². The Labute approximate surface area is 112 Å². The quantitative estimate of drug-likeness (QED) is 0.848. The number of nitrogens with zero attached hydrogens (tertiary/aromatic N) is 1. The summed E-state index contributed by atoms with van der Waals surface area (Å²) in [5.41, 5.74) is 0.609. The molecular formula is C14H19FN2O2. The van der Waals surface area contributed by atoms with Crippen molar-refractivity contribution in [1.29, 1.82) is 0 Å². The topological polar surface area (TPSA) is 52.6 Å². The third-order valence-electron chi connectivity index (χ3n) is 3.40. The molecule has 1 amide bonds. The average Bonchev–Trinajstić information content (AvgIpc) is 2.80. The van der Waals surface area contributed by atoms with Gasteiger partial charge in [0.05, 0.1) is 6.54 Å². The maximum atomic E-state index is 12.7. The first-order chi connectivity index (χ1) is 9.17. The Bertz CT molecular complexity index is 422. The van der Waals surface area contributed by atoms with Crippen molar-refractivity contribution in [3.05, 3.63) is 30.1 Å². The molecule has 1 unspecified atom stereocenters. The van der Waals surface area contributed by atoms with Gasteiger partial charge in [0.25, 0.3) is 0 Å². The molecule has 1 aromatic carbocycles. The zero-order chi connectivity index (χ0) is 13.7. The van der Waals surface area contributed by atoms with Crippen LogP contribution >= 0.6 is 0 Å². The van der Waals surface area contributed by atoms with Gasteiger partial charge in [0.15, 0.2) is 0 Å². The largest absolute Gasteiger partial charge is 0.396 e. The van der Waals surface area contributed by atoms with Gasteiger partial charge in [-0.25, -0.2) is 4.39 Å². The normalized spacial score (nSPS) is 19.6. The van der Waals surface area contributed by atoms with Crippen LogP contribution in [-0.2, 0) is 4.79 Å². The molecule has 2 N–H and O–H groups in total. The van der Waals surface area contributed by atoms with Gasteiger partial charge in [-0.2, -0.15) is 0 Å². The molecule has 104 valence electrons. The molecule has 0 saturated carbocycles. The van der Waals surface area contributed by atoms with E-state index in [0.717, 1.165) is 25.9 Å². The number of benzene rings is 1. The van der Waals surface area contributed by atoms with Gasteiger partial charge < -0.3 is 10.4 Å². The van der Waals surface area contributed by atoms with Crippen LogP contribution in [0.15, 0.2) is 24.3 Å². The smallest absolute Gasteiger partial charge is 0.238 e. The minimum atomic E-state index is -0.315. The minimum absolute atomic E-state index is 0.0868. The highest BCUT2D eigenvalue weighted by Crippen LogP contribution is 2.18. The molecule has 19 heavy (non-hydrogen) atoms. The van der Waals surface area contributed by atoms with E-state index < -0.39 is 0 Å². The summed E-state index contributed by atoms with van der Waals surface area (Å²) in [6, 6.07) is 5.74. The SMILES string of the molecule is O=C(CN1CCC(CCO)C1)Nc1ccc(F)cc1. The summed E-state index contributed by atoms with van der Waals surface area (Å²) in [6.45, 7) is 2.30.